The quantitative estimate of drug-likeness (QED) is 0.253. The van der Waals surface area contributed by atoms with Crippen LogP contribution in [0, 0.1) is 17.2 Å². The molecule has 31 heavy (non-hydrogen) atoms. The van der Waals surface area contributed by atoms with Gasteiger partial charge in [-0.1, -0.05) is 46.1 Å². The van der Waals surface area contributed by atoms with E-state index in [1.807, 2.05) is 12.1 Å². The summed E-state index contributed by atoms with van der Waals surface area (Å²) in [5, 5.41) is 10.3. The fourth-order valence-electron chi connectivity index (χ4n) is 4.25. The van der Waals surface area contributed by atoms with E-state index in [2.05, 4.69) is 51.4 Å². The largest absolute Gasteiger partial charge is 0.493 e. The van der Waals surface area contributed by atoms with Crippen molar-refractivity contribution in [3.63, 3.8) is 0 Å². The summed E-state index contributed by atoms with van der Waals surface area (Å²) in [5.41, 5.74) is 0.268. The van der Waals surface area contributed by atoms with Gasteiger partial charge in [0.15, 0.2) is 11.5 Å². The number of rotatable bonds is 15. The fourth-order valence-corrected chi connectivity index (χ4v) is 4.25. The number of hydrogen-bond donors (Lipinski definition) is 0. The minimum atomic E-state index is -0.639. The summed E-state index contributed by atoms with van der Waals surface area (Å²) >= 11 is 0. The van der Waals surface area contributed by atoms with Crippen LogP contribution in [0.15, 0.2) is 24.8 Å². The van der Waals surface area contributed by atoms with Gasteiger partial charge in [-0.05, 0) is 56.5 Å². The SMILES string of the molecule is C=CC(CCCCC)N(C)CCCC(C#N)(c1cc(OC)c(OC)c(OC)c1)C(C)C. The number of hydrogen-bond acceptors (Lipinski definition) is 5. The van der Waals surface area contributed by atoms with Crippen molar-refractivity contribution in [3.8, 4) is 23.3 Å². The van der Waals surface area contributed by atoms with E-state index in [0.29, 0.717) is 23.3 Å². The molecule has 0 aliphatic carbocycles. The third-order valence-electron chi connectivity index (χ3n) is 6.39. The normalized spacial score (nSPS) is 14.1. The van der Waals surface area contributed by atoms with Gasteiger partial charge in [0, 0.05) is 6.04 Å². The molecule has 0 aliphatic rings. The van der Waals surface area contributed by atoms with Crippen LogP contribution in [0.1, 0.15) is 64.9 Å². The summed E-state index contributed by atoms with van der Waals surface area (Å²) in [6.07, 6.45) is 8.55. The van der Waals surface area contributed by atoms with Gasteiger partial charge in [-0.3, -0.25) is 4.90 Å². The molecular formula is C26H42N2O3. The van der Waals surface area contributed by atoms with Gasteiger partial charge in [0.25, 0.3) is 0 Å². The van der Waals surface area contributed by atoms with E-state index in [1.54, 1.807) is 21.3 Å². The Balaban J connectivity index is 3.09. The minimum absolute atomic E-state index is 0.130. The highest BCUT2D eigenvalue weighted by Crippen LogP contribution is 2.45. The van der Waals surface area contributed by atoms with Crippen molar-refractivity contribution in [2.75, 3.05) is 34.9 Å². The molecule has 0 saturated heterocycles. The molecule has 2 unspecified atom stereocenters. The van der Waals surface area contributed by atoms with Crippen LogP contribution in [0.5, 0.6) is 17.2 Å². The van der Waals surface area contributed by atoms with Crippen molar-refractivity contribution < 1.29 is 14.2 Å². The molecule has 0 saturated carbocycles. The number of unbranched alkanes of at least 4 members (excludes halogenated alkanes) is 2. The first-order valence-electron chi connectivity index (χ1n) is 11.4. The Bertz CT molecular complexity index is 701. The highest BCUT2D eigenvalue weighted by molar-refractivity contribution is 5.56. The molecule has 5 heteroatoms. The van der Waals surface area contributed by atoms with Crippen molar-refractivity contribution in [2.24, 2.45) is 5.92 Å². The van der Waals surface area contributed by atoms with Gasteiger partial charge in [0.2, 0.25) is 5.75 Å². The van der Waals surface area contributed by atoms with Crippen LogP contribution in [-0.4, -0.2) is 45.9 Å². The average molecular weight is 431 g/mol. The van der Waals surface area contributed by atoms with E-state index in [4.69, 9.17) is 14.2 Å². The summed E-state index contributed by atoms with van der Waals surface area (Å²) in [7, 11) is 6.95. The van der Waals surface area contributed by atoms with Crippen molar-refractivity contribution >= 4 is 0 Å². The Morgan fingerprint density at radius 3 is 2.13 bits per heavy atom. The molecule has 5 nitrogen and oxygen atoms in total. The van der Waals surface area contributed by atoms with E-state index in [9.17, 15) is 5.26 Å². The Morgan fingerprint density at radius 2 is 1.71 bits per heavy atom. The number of likely N-dealkylation sites (N-methyl/N-ethyl adjacent to an activating group) is 1. The van der Waals surface area contributed by atoms with Crippen LogP contribution in [0.4, 0.5) is 0 Å². The molecule has 174 valence electrons. The highest BCUT2D eigenvalue weighted by Gasteiger charge is 2.37. The van der Waals surface area contributed by atoms with Gasteiger partial charge >= 0.3 is 0 Å². The second kappa shape index (κ2) is 13.3. The van der Waals surface area contributed by atoms with Crippen molar-refractivity contribution in [1.29, 1.82) is 5.26 Å². The van der Waals surface area contributed by atoms with Crippen LogP contribution < -0.4 is 14.2 Å². The monoisotopic (exact) mass is 430 g/mol. The molecule has 0 heterocycles. The molecule has 0 aromatic heterocycles. The second-order valence-corrected chi connectivity index (χ2v) is 8.53. The van der Waals surface area contributed by atoms with Gasteiger partial charge in [0.1, 0.15) is 0 Å². The van der Waals surface area contributed by atoms with Crippen molar-refractivity contribution in [2.45, 2.75) is 70.8 Å². The first kappa shape index (κ1) is 26.8. The number of nitriles is 1. The van der Waals surface area contributed by atoms with Crippen molar-refractivity contribution in [3.05, 3.63) is 30.4 Å². The molecule has 0 amide bonds. The maximum atomic E-state index is 10.3. The molecule has 0 aliphatic heterocycles. The van der Waals surface area contributed by atoms with E-state index in [0.717, 1.165) is 31.4 Å². The topological polar surface area (TPSA) is 54.7 Å². The highest BCUT2D eigenvalue weighted by atomic mass is 16.5. The lowest BCUT2D eigenvalue weighted by atomic mass is 9.69. The zero-order valence-corrected chi connectivity index (χ0v) is 20.7. The predicted molar refractivity (Wildman–Crippen MR) is 128 cm³/mol. The predicted octanol–water partition coefficient (Wildman–Crippen LogP) is 5.98. The summed E-state index contributed by atoms with van der Waals surface area (Å²) in [6.45, 7) is 11.4. The van der Waals surface area contributed by atoms with E-state index in [-0.39, 0.29) is 5.92 Å². The number of ether oxygens (including phenoxy) is 3. The Labute approximate surface area is 190 Å². The van der Waals surface area contributed by atoms with Crippen LogP contribution in [-0.2, 0) is 5.41 Å². The van der Waals surface area contributed by atoms with Gasteiger partial charge in [-0.15, -0.1) is 6.58 Å². The van der Waals surface area contributed by atoms with Gasteiger partial charge in [-0.25, -0.2) is 0 Å². The Morgan fingerprint density at radius 1 is 1.10 bits per heavy atom. The summed E-state index contributed by atoms with van der Waals surface area (Å²) in [4.78, 5) is 2.36. The molecule has 0 N–H and O–H groups in total. The Kier molecular flexibility index (Phi) is 11.5. The maximum Gasteiger partial charge on any atom is 0.203 e. The smallest absolute Gasteiger partial charge is 0.203 e. The first-order valence-corrected chi connectivity index (χ1v) is 11.4. The lowest BCUT2D eigenvalue weighted by Gasteiger charge is -2.33. The lowest BCUT2D eigenvalue weighted by molar-refractivity contribution is 0.245. The van der Waals surface area contributed by atoms with Gasteiger partial charge < -0.3 is 14.2 Å². The number of nitrogens with zero attached hydrogens (tertiary/aromatic N) is 2. The molecule has 0 bridgehead atoms. The summed E-state index contributed by atoms with van der Waals surface area (Å²) < 4.78 is 16.5. The minimum Gasteiger partial charge on any atom is -0.493 e. The van der Waals surface area contributed by atoms with Crippen LogP contribution in [0.3, 0.4) is 0 Å². The second-order valence-electron chi connectivity index (χ2n) is 8.53. The van der Waals surface area contributed by atoms with E-state index < -0.39 is 5.41 Å². The number of benzene rings is 1. The fraction of sp³-hybridized carbons (Fsp3) is 0.654. The van der Waals surface area contributed by atoms with Crippen LogP contribution in [0.25, 0.3) is 0 Å². The number of methoxy groups -OCH3 is 3. The molecular weight excluding hydrogens is 388 g/mol. The Hall–Kier alpha value is -2.19. The molecule has 1 aromatic carbocycles. The standard InChI is InChI=1S/C26H42N2O3/c1-9-11-12-14-22(10-2)28(5)16-13-15-26(19-27,20(3)4)21-17-23(29-6)25(31-8)24(18-21)30-7/h10,17-18,20,22H,2,9,11-16H2,1,3-8H3. The molecule has 1 rings (SSSR count). The molecule has 0 radical (unpaired) electrons. The molecule has 2 atom stereocenters. The van der Waals surface area contributed by atoms with E-state index in [1.165, 1.54) is 19.3 Å². The lowest BCUT2D eigenvalue weighted by Crippen LogP contribution is -2.34. The maximum absolute atomic E-state index is 10.3. The zero-order chi connectivity index (χ0) is 23.4. The van der Waals surface area contributed by atoms with Gasteiger partial charge in [0.05, 0.1) is 32.8 Å². The first-order chi connectivity index (χ1) is 14.8. The third kappa shape index (κ3) is 6.64. The van der Waals surface area contributed by atoms with Crippen LogP contribution in [0.2, 0.25) is 0 Å². The summed E-state index contributed by atoms with van der Waals surface area (Å²) in [6, 6.07) is 6.86. The summed E-state index contributed by atoms with van der Waals surface area (Å²) in [5.74, 6) is 1.84. The molecule has 0 spiro atoms. The van der Waals surface area contributed by atoms with Crippen LogP contribution >= 0.6 is 0 Å². The molecule has 0 fully saturated rings. The average Bonchev–Trinajstić information content (AvgIpc) is 2.78. The van der Waals surface area contributed by atoms with Crippen molar-refractivity contribution in [1.82, 2.24) is 4.90 Å². The third-order valence-corrected chi connectivity index (χ3v) is 6.39. The van der Waals surface area contributed by atoms with E-state index >= 15 is 0 Å². The molecule has 1 aromatic rings. The zero-order valence-electron chi connectivity index (χ0n) is 20.7. The van der Waals surface area contributed by atoms with Gasteiger partial charge in [-0.2, -0.15) is 5.26 Å².